The second-order valence-electron chi connectivity index (χ2n) is 2.49. The fourth-order valence-corrected chi connectivity index (χ4v) is 1.57. The molecule has 10 heavy (non-hydrogen) atoms. The fourth-order valence-electron chi connectivity index (χ4n) is 0.724. The molecule has 0 aromatic heterocycles. The van der Waals surface area contributed by atoms with E-state index < -0.39 is 10.1 Å². The zero-order valence-corrected chi connectivity index (χ0v) is 6.60. The molecule has 0 fully saturated rings. The fraction of sp³-hybridized carbons (Fsp3) is 0.667. The molecule has 0 saturated carbocycles. The lowest BCUT2D eigenvalue weighted by Gasteiger charge is -2.02. The van der Waals surface area contributed by atoms with E-state index in [0.717, 1.165) is 11.8 Å². The summed E-state index contributed by atoms with van der Waals surface area (Å²) in [7, 11) is -3.33. The summed E-state index contributed by atoms with van der Waals surface area (Å²) in [6, 6.07) is 0. The largest absolute Gasteiger partial charge is 0.289 e. The molecule has 1 rings (SSSR count). The third-order valence-corrected chi connectivity index (χ3v) is 2.31. The van der Waals surface area contributed by atoms with E-state index in [0.29, 0.717) is 12.5 Å². The smallest absolute Gasteiger partial charge is 0.267 e. The van der Waals surface area contributed by atoms with E-state index in [1.54, 1.807) is 6.08 Å². The van der Waals surface area contributed by atoms with E-state index in [9.17, 15) is 8.42 Å². The molecule has 0 aromatic carbocycles. The highest BCUT2D eigenvalue weighted by Crippen LogP contribution is 2.11. The van der Waals surface area contributed by atoms with E-state index in [1.807, 2.05) is 6.92 Å². The zero-order valence-electron chi connectivity index (χ0n) is 5.78. The lowest BCUT2D eigenvalue weighted by molar-refractivity contribution is 0.274. The zero-order chi connectivity index (χ0) is 7.61. The van der Waals surface area contributed by atoms with Crippen LogP contribution in [-0.2, 0) is 14.3 Å². The summed E-state index contributed by atoms with van der Waals surface area (Å²) in [6.45, 7) is 2.25. The first-order valence-corrected chi connectivity index (χ1v) is 4.63. The molecule has 0 spiro atoms. The van der Waals surface area contributed by atoms with Gasteiger partial charge in [0, 0.05) is 0 Å². The second-order valence-corrected chi connectivity index (χ2v) is 3.98. The van der Waals surface area contributed by atoms with Crippen LogP contribution >= 0.6 is 0 Å². The average Bonchev–Trinajstić information content (AvgIpc) is 1.94. The predicted octanol–water partition coefficient (Wildman–Crippen LogP) is 0.886. The first kappa shape index (κ1) is 7.75. The van der Waals surface area contributed by atoms with Crippen molar-refractivity contribution in [1.29, 1.82) is 0 Å². The molecule has 1 atom stereocenters. The molecule has 0 aliphatic carbocycles. The van der Waals surface area contributed by atoms with Crippen LogP contribution in [-0.4, -0.2) is 15.0 Å². The maximum absolute atomic E-state index is 10.7. The molecule has 0 saturated heterocycles. The highest BCUT2D eigenvalue weighted by Gasteiger charge is 2.12. The summed E-state index contributed by atoms with van der Waals surface area (Å²) in [5.74, 6) is 0.300. The molecule has 1 aliphatic rings. The van der Waals surface area contributed by atoms with Crippen molar-refractivity contribution in [3.63, 3.8) is 0 Å². The molecular weight excluding hydrogens is 152 g/mol. The normalized spacial score (nSPS) is 31.5. The third kappa shape index (κ3) is 2.11. The van der Waals surface area contributed by atoms with E-state index in [-0.39, 0.29) is 0 Å². The molecule has 3 nitrogen and oxygen atoms in total. The summed E-state index contributed by atoms with van der Waals surface area (Å²) in [6.07, 6.45) is 2.41. The maximum atomic E-state index is 10.7. The van der Waals surface area contributed by atoms with Crippen LogP contribution in [0.1, 0.15) is 13.3 Å². The van der Waals surface area contributed by atoms with Crippen LogP contribution in [0.5, 0.6) is 0 Å². The van der Waals surface area contributed by atoms with Crippen LogP contribution in [0.3, 0.4) is 0 Å². The SMILES string of the molecule is CC1CC=CS(=O)(=O)OC1. The Labute approximate surface area is 60.8 Å². The molecule has 0 bridgehead atoms. The molecule has 1 heterocycles. The quantitative estimate of drug-likeness (QED) is 0.497. The van der Waals surface area contributed by atoms with Crippen molar-refractivity contribution in [3.05, 3.63) is 11.5 Å². The molecular formula is C6H10O3S. The van der Waals surface area contributed by atoms with Crippen molar-refractivity contribution in [2.75, 3.05) is 6.61 Å². The van der Waals surface area contributed by atoms with Crippen molar-refractivity contribution >= 4 is 10.1 Å². The lowest BCUT2D eigenvalue weighted by Crippen LogP contribution is -2.06. The van der Waals surface area contributed by atoms with Crippen LogP contribution in [0.25, 0.3) is 0 Å². The number of hydrogen-bond donors (Lipinski definition) is 0. The maximum Gasteiger partial charge on any atom is 0.289 e. The van der Waals surface area contributed by atoms with Gasteiger partial charge in [0.2, 0.25) is 0 Å². The van der Waals surface area contributed by atoms with Gasteiger partial charge < -0.3 is 0 Å². The highest BCUT2D eigenvalue weighted by atomic mass is 32.2. The topological polar surface area (TPSA) is 43.4 Å². The Morgan fingerprint density at radius 3 is 3.00 bits per heavy atom. The van der Waals surface area contributed by atoms with Gasteiger partial charge in [-0.1, -0.05) is 13.0 Å². The van der Waals surface area contributed by atoms with Gasteiger partial charge in [0.25, 0.3) is 10.1 Å². The Morgan fingerprint density at radius 2 is 2.30 bits per heavy atom. The molecule has 0 N–H and O–H groups in total. The van der Waals surface area contributed by atoms with Gasteiger partial charge in [0.1, 0.15) is 0 Å². The first-order valence-electron chi connectivity index (χ1n) is 3.16. The monoisotopic (exact) mass is 162 g/mol. The van der Waals surface area contributed by atoms with Crippen molar-refractivity contribution in [1.82, 2.24) is 0 Å². The number of rotatable bonds is 0. The molecule has 0 amide bonds. The molecule has 0 radical (unpaired) electrons. The van der Waals surface area contributed by atoms with Gasteiger partial charge >= 0.3 is 0 Å². The Bertz CT molecular complexity index is 227. The summed E-state index contributed by atoms with van der Waals surface area (Å²) in [5, 5.41) is 1.12. The minimum absolute atomic E-state index is 0.300. The summed E-state index contributed by atoms with van der Waals surface area (Å²) < 4.78 is 26.0. The molecule has 4 heteroatoms. The van der Waals surface area contributed by atoms with E-state index in [2.05, 4.69) is 4.18 Å². The van der Waals surface area contributed by atoms with Crippen LogP contribution < -0.4 is 0 Å². The van der Waals surface area contributed by atoms with Gasteiger partial charge in [-0.15, -0.1) is 0 Å². The van der Waals surface area contributed by atoms with Crippen LogP contribution in [0.15, 0.2) is 11.5 Å². The standard InChI is InChI=1S/C6H10O3S/c1-6-3-2-4-10(7,8)9-5-6/h2,4,6H,3,5H2,1H3. The average molecular weight is 162 g/mol. The number of hydrogen-bond acceptors (Lipinski definition) is 3. The highest BCUT2D eigenvalue weighted by molar-refractivity contribution is 7.89. The van der Waals surface area contributed by atoms with Crippen molar-refractivity contribution < 1.29 is 12.6 Å². The minimum Gasteiger partial charge on any atom is -0.267 e. The molecule has 1 aliphatic heterocycles. The molecule has 58 valence electrons. The van der Waals surface area contributed by atoms with Gasteiger partial charge in [-0.25, -0.2) is 0 Å². The minimum atomic E-state index is -3.33. The lowest BCUT2D eigenvalue weighted by atomic mass is 10.1. The van der Waals surface area contributed by atoms with Crippen LogP contribution in [0.4, 0.5) is 0 Å². The van der Waals surface area contributed by atoms with Crippen molar-refractivity contribution in [2.24, 2.45) is 5.92 Å². The van der Waals surface area contributed by atoms with E-state index in [1.165, 1.54) is 0 Å². The molecule has 1 unspecified atom stereocenters. The predicted molar refractivity (Wildman–Crippen MR) is 37.8 cm³/mol. The Balaban J connectivity index is 2.73. The Kier molecular flexibility index (Phi) is 2.11. The first-order chi connectivity index (χ1) is 4.60. The van der Waals surface area contributed by atoms with Crippen molar-refractivity contribution in [2.45, 2.75) is 13.3 Å². The van der Waals surface area contributed by atoms with Gasteiger partial charge in [0.05, 0.1) is 12.0 Å². The summed E-state index contributed by atoms with van der Waals surface area (Å²) in [4.78, 5) is 0. The van der Waals surface area contributed by atoms with Crippen LogP contribution in [0, 0.1) is 5.92 Å². The summed E-state index contributed by atoms with van der Waals surface area (Å²) >= 11 is 0. The van der Waals surface area contributed by atoms with E-state index in [4.69, 9.17) is 0 Å². The van der Waals surface area contributed by atoms with Crippen LogP contribution in [0.2, 0.25) is 0 Å². The van der Waals surface area contributed by atoms with Gasteiger partial charge in [-0.05, 0) is 12.3 Å². The third-order valence-electron chi connectivity index (χ3n) is 1.32. The van der Waals surface area contributed by atoms with Crippen molar-refractivity contribution in [3.8, 4) is 0 Å². The molecule has 0 aromatic rings. The van der Waals surface area contributed by atoms with Gasteiger partial charge in [-0.3, -0.25) is 4.18 Å². The number of allylic oxidation sites excluding steroid dienone is 1. The Morgan fingerprint density at radius 1 is 1.60 bits per heavy atom. The summed E-state index contributed by atoms with van der Waals surface area (Å²) in [5.41, 5.74) is 0. The van der Waals surface area contributed by atoms with Gasteiger partial charge in [0.15, 0.2) is 0 Å². The Hall–Kier alpha value is -0.350. The second kappa shape index (κ2) is 2.72. The van der Waals surface area contributed by atoms with Gasteiger partial charge in [-0.2, -0.15) is 8.42 Å². The van der Waals surface area contributed by atoms with E-state index >= 15 is 0 Å².